The minimum absolute atomic E-state index is 0.254. The van der Waals surface area contributed by atoms with E-state index in [1.807, 2.05) is 32.9 Å². The maximum atomic E-state index is 14.0. The van der Waals surface area contributed by atoms with Gasteiger partial charge in [0.1, 0.15) is 11.5 Å². The minimum atomic E-state index is -0.383. The van der Waals surface area contributed by atoms with Crippen molar-refractivity contribution in [1.29, 1.82) is 0 Å². The lowest BCUT2D eigenvalue weighted by Crippen LogP contribution is -2.15. The first-order valence-corrected chi connectivity index (χ1v) is 8.07. The Kier molecular flexibility index (Phi) is 4.40. The molecule has 3 aromatic rings. The van der Waals surface area contributed by atoms with Crippen molar-refractivity contribution in [2.45, 2.75) is 27.7 Å². The second kappa shape index (κ2) is 6.51. The quantitative estimate of drug-likeness (QED) is 0.765. The lowest BCUT2D eigenvalue weighted by Gasteiger charge is -2.13. The molecule has 0 spiro atoms. The predicted octanol–water partition coefficient (Wildman–Crippen LogP) is 4.50. The van der Waals surface area contributed by atoms with Crippen LogP contribution >= 0.6 is 0 Å². The molecule has 1 aromatic heterocycles. The molecular weight excluding hydrogens is 317 g/mol. The molecule has 0 aliphatic carbocycles. The van der Waals surface area contributed by atoms with E-state index in [9.17, 15) is 9.18 Å². The van der Waals surface area contributed by atoms with Gasteiger partial charge in [-0.05, 0) is 51.0 Å². The maximum Gasteiger partial charge on any atom is 0.259 e. The predicted molar refractivity (Wildman–Crippen MR) is 96.9 cm³/mol. The monoisotopic (exact) mass is 337 g/mol. The van der Waals surface area contributed by atoms with Gasteiger partial charge in [-0.2, -0.15) is 5.10 Å². The molecule has 1 N–H and O–H groups in total. The number of hydrogen-bond acceptors (Lipinski definition) is 2. The zero-order valence-electron chi connectivity index (χ0n) is 14.7. The van der Waals surface area contributed by atoms with E-state index in [-0.39, 0.29) is 11.7 Å². The molecule has 0 saturated heterocycles. The van der Waals surface area contributed by atoms with Crippen molar-refractivity contribution in [3.63, 3.8) is 0 Å². The van der Waals surface area contributed by atoms with Gasteiger partial charge in [0.15, 0.2) is 0 Å². The normalized spacial score (nSPS) is 10.8. The number of benzene rings is 2. The molecule has 1 heterocycles. The molecule has 0 saturated carbocycles. The van der Waals surface area contributed by atoms with Crippen LogP contribution in [0.25, 0.3) is 5.69 Å². The van der Waals surface area contributed by atoms with Gasteiger partial charge < -0.3 is 5.32 Å². The smallest absolute Gasteiger partial charge is 0.259 e. The SMILES string of the molecule is Cc1cc(C)c(NC(=O)c2cnn(-c3ccccc3F)c2C)c(C)c1. The number of anilines is 1. The fourth-order valence-corrected chi connectivity index (χ4v) is 3.06. The molecule has 0 unspecified atom stereocenters. The van der Waals surface area contributed by atoms with E-state index < -0.39 is 0 Å². The van der Waals surface area contributed by atoms with Crippen LogP contribution in [-0.2, 0) is 0 Å². The summed E-state index contributed by atoms with van der Waals surface area (Å²) in [4.78, 5) is 12.7. The molecule has 25 heavy (non-hydrogen) atoms. The molecule has 0 atom stereocenters. The Morgan fingerprint density at radius 1 is 1.08 bits per heavy atom. The third kappa shape index (κ3) is 3.18. The number of aryl methyl sites for hydroxylation is 3. The number of hydrogen-bond donors (Lipinski definition) is 1. The summed E-state index contributed by atoms with van der Waals surface area (Å²) < 4.78 is 15.4. The molecule has 1 amide bonds. The molecular formula is C20H20FN3O. The summed E-state index contributed by atoms with van der Waals surface area (Å²) in [6, 6.07) is 10.4. The Morgan fingerprint density at radius 3 is 2.36 bits per heavy atom. The van der Waals surface area contributed by atoms with Gasteiger partial charge in [-0.1, -0.05) is 29.8 Å². The lowest BCUT2D eigenvalue weighted by molar-refractivity contribution is 0.102. The Balaban J connectivity index is 1.94. The molecule has 0 radical (unpaired) electrons. The van der Waals surface area contributed by atoms with Gasteiger partial charge in [0.2, 0.25) is 0 Å². The van der Waals surface area contributed by atoms with Crippen molar-refractivity contribution in [2.75, 3.05) is 5.32 Å². The van der Waals surface area contributed by atoms with Crippen LogP contribution in [0.4, 0.5) is 10.1 Å². The second-order valence-corrected chi connectivity index (χ2v) is 6.23. The highest BCUT2D eigenvalue weighted by Crippen LogP contribution is 2.24. The van der Waals surface area contributed by atoms with Crippen LogP contribution in [0.1, 0.15) is 32.7 Å². The Morgan fingerprint density at radius 2 is 1.72 bits per heavy atom. The van der Waals surface area contributed by atoms with Gasteiger partial charge in [0.05, 0.1) is 17.5 Å². The third-order valence-corrected chi connectivity index (χ3v) is 4.25. The first-order chi connectivity index (χ1) is 11.9. The molecule has 4 nitrogen and oxygen atoms in total. The Labute approximate surface area is 146 Å². The van der Waals surface area contributed by atoms with Crippen LogP contribution in [0.2, 0.25) is 0 Å². The highest BCUT2D eigenvalue weighted by Gasteiger charge is 2.18. The summed E-state index contributed by atoms with van der Waals surface area (Å²) in [6.45, 7) is 7.70. The summed E-state index contributed by atoms with van der Waals surface area (Å²) >= 11 is 0. The molecule has 0 fully saturated rings. The molecule has 0 aliphatic heterocycles. The standard InChI is InChI=1S/C20H20FN3O/c1-12-9-13(2)19(14(3)10-12)23-20(25)16-11-22-24(15(16)4)18-8-6-5-7-17(18)21/h5-11H,1-4H3,(H,23,25). The van der Waals surface area contributed by atoms with Crippen LogP contribution in [0, 0.1) is 33.5 Å². The molecule has 128 valence electrons. The summed E-state index contributed by atoms with van der Waals surface area (Å²) in [7, 11) is 0. The van der Waals surface area contributed by atoms with Crippen LogP contribution in [-0.4, -0.2) is 15.7 Å². The number of nitrogens with one attached hydrogen (secondary N) is 1. The first-order valence-electron chi connectivity index (χ1n) is 8.07. The minimum Gasteiger partial charge on any atom is -0.321 e. The van der Waals surface area contributed by atoms with Crippen LogP contribution < -0.4 is 5.32 Å². The van der Waals surface area contributed by atoms with Crippen molar-refractivity contribution in [3.8, 4) is 5.69 Å². The molecule has 2 aromatic carbocycles. The average molecular weight is 337 g/mol. The van der Waals surface area contributed by atoms with E-state index in [2.05, 4.69) is 10.4 Å². The van der Waals surface area contributed by atoms with Crippen LogP contribution in [0.15, 0.2) is 42.6 Å². The zero-order valence-corrected chi connectivity index (χ0v) is 14.7. The fraction of sp³-hybridized carbons (Fsp3) is 0.200. The number of aromatic nitrogens is 2. The highest BCUT2D eigenvalue weighted by atomic mass is 19.1. The maximum absolute atomic E-state index is 14.0. The van der Waals surface area contributed by atoms with E-state index in [1.54, 1.807) is 25.1 Å². The average Bonchev–Trinajstić information content (AvgIpc) is 2.93. The summed E-state index contributed by atoms with van der Waals surface area (Å²) in [6.07, 6.45) is 1.47. The van der Waals surface area contributed by atoms with Crippen molar-refractivity contribution in [2.24, 2.45) is 0 Å². The number of amides is 1. The van der Waals surface area contributed by atoms with Crippen molar-refractivity contribution >= 4 is 11.6 Å². The highest BCUT2D eigenvalue weighted by molar-refractivity contribution is 6.05. The Bertz CT molecular complexity index is 936. The first kappa shape index (κ1) is 16.9. The zero-order chi connectivity index (χ0) is 18.1. The largest absolute Gasteiger partial charge is 0.321 e. The van der Waals surface area contributed by atoms with E-state index in [0.717, 1.165) is 22.4 Å². The van der Waals surface area contributed by atoms with Gasteiger partial charge in [-0.25, -0.2) is 9.07 Å². The number of halogens is 1. The summed E-state index contributed by atoms with van der Waals surface area (Å²) in [5, 5.41) is 7.14. The van der Waals surface area contributed by atoms with Gasteiger partial charge in [0.25, 0.3) is 5.91 Å². The van der Waals surface area contributed by atoms with Crippen molar-refractivity contribution in [1.82, 2.24) is 9.78 Å². The Hall–Kier alpha value is -2.95. The van der Waals surface area contributed by atoms with Gasteiger partial charge >= 0.3 is 0 Å². The van der Waals surface area contributed by atoms with E-state index >= 15 is 0 Å². The number of para-hydroxylation sites is 1. The van der Waals surface area contributed by atoms with Crippen LogP contribution in [0.5, 0.6) is 0 Å². The fourth-order valence-electron chi connectivity index (χ4n) is 3.06. The second-order valence-electron chi connectivity index (χ2n) is 6.23. The number of nitrogens with zero attached hydrogens (tertiary/aromatic N) is 2. The molecule has 5 heteroatoms. The van der Waals surface area contributed by atoms with Gasteiger partial charge in [0, 0.05) is 5.69 Å². The van der Waals surface area contributed by atoms with Gasteiger partial charge in [-0.15, -0.1) is 0 Å². The topological polar surface area (TPSA) is 46.9 Å². The summed E-state index contributed by atoms with van der Waals surface area (Å²) in [5.74, 6) is -0.638. The third-order valence-electron chi connectivity index (χ3n) is 4.25. The lowest BCUT2D eigenvalue weighted by atomic mass is 10.0. The van der Waals surface area contributed by atoms with Crippen molar-refractivity contribution in [3.05, 3.63) is 76.4 Å². The molecule has 0 aliphatic rings. The number of rotatable bonds is 3. The molecule has 3 rings (SSSR count). The number of carbonyl (C=O) groups excluding carboxylic acids is 1. The van der Waals surface area contributed by atoms with Crippen molar-refractivity contribution < 1.29 is 9.18 Å². The van der Waals surface area contributed by atoms with Gasteiger partial charge in [-0.3, -0.25) is 4.79 Å². The van der Waals surface area contributed by atoms with E-state index in [1.165, 1.54) is 16.9 Å². The number of carbonyl (C=O) groups is 1. The molecule has 0 bridgehead atoms. The van der Waals surface area contributed by atoms with Crippen LogP contribution in [0.3, 0.4) is 0 Å². The van der Waals surface area contributed by atoms with E-state index in [0.29, 0.717) is 16.9 Å². The van der Waals surface area contributed by atoms with E-state index in [4.69, 9.17) is 0 Å². The summed E-state index contributed by atoms with van der Waals surface area (Å²) in [5.41, 5.74) is 5.29.